The Kier molecular flexibility index (Phi) is 6.02. The Bertz CT molecular complexity index is 728. The van der Waals surface area contributed by atoms with Gasteiger partial charge in [0.1, 0.15) is 5.75 Å². The lowest BCUT2D eigenvalue weighted by atomic mass is 10.1. The van der Waals surface area contributed by atoms with Crippen LogP contribution in [-0.2, 0) is 11.2 Å². The van der Waals surface area contributed by atoms with Crippen molar-refractivity contribution in [1.82, 2.24) is 5.43 Å². The van der Waals surface area contributed by atoms with Gasteiger partial charge in [0.05, 0.1) is 29.3 Å². The smallest absolute Gasteiger partial charge is 0.244 e. The number of amides is 1. The molecule has 2 aromatic rings. The van der Waals surface area contributed by atoms with Crippen molar-refractivity contribution in [3.63, 3.8) is 0 Å². The maximum atomic E-state index is 11.9. The predicted molar refractivity (Wildman–Crippen MR) is 93.5 cm³/mol. The molecule has 0 fully saturated rings. The fourth-order valence-corrected chi connectivity index (χ4v) is 2.20. The molecular formula is C17H16Cl2N2O2. The third-order valence-electron chi connectivity index (χ3n) is 3.21. The van der Waals surface area contributed by atoms with Crippen LogP contribution in [-0.4, -0.2) is 18.7 Å². The van der Waals surface area contributed by atoms with Crippen LogP contribution in [0.4, 0.5) is 0 Å². The minimum absolute atomic E-state index is 0.199. The second-order valence-corrected chi connectivity index (χ2v) is 5.70. The molecule has 0 heterocycles. The van der Waals surface area contributed by atoms with Crippen LogP contribution < -0.4 is 10.2 Å². The van der Waals surface area contributed by atoms with E-state index in [1.54, 1.807) is 32.2 Å². The highest BCUT2D eigenvalue weighted by Gasteiger charge is 2.05. The maximum absolute atomic E-state index is 11.9. The SMILES string of the molecule is COc1ccc(CC(=O)NN=C(C)c2ccc(Cl)c(Cl)c2)cc1. The molecule has 4 nitrogen and oxygen atoms in total. The molecule has 0 saturated heterocycles. The molecule has 0 aromatic heterocycles. The molecule has 23 heavy (non-hydrogen) atoms. The van der Waals surface area contributed by atoms with E-state index in [2.05, 4.69) is 10.5 Å². The molecule has 6 heteroatoms. The number of carbonyl (C=O) groups excluding carboxylic acids is 1. The topological polar surface area (TPSA) is 50.7 Å². The van der Waals surface area contributed by atoms with Gasteiger partial charge in [-0.2, -0.15) is 5.10 Å². The standard InChI is InChI=1S/C17H16Cl2N2O2/c1-11(13-5-8-15(18)16(19)10-13)20-21-17(22)9-12-3-6-14(23-2)7-4-12/h3-8,10H,9H2,1-2H3,(H,21,22). The monoisotopic (exact) mass is 350 g/mol. The van der Waals surface area contributed by atoms with E-state index >= 15 is 0 Å². The van der Waals surface area contributed by atoms with Crippen LogP contribution in [0.5, 0.6) is 5.75 Å². The van der Waals surface area contributed by atoms with Crippen molar-refractivity contribution in [2.75, 3.05) is 7.11 Å². The Morgan fingerprint density at radius 1 is 1.13 bits per heavy atom. The average molecular weight is 351 g/mol. The van der Waals surface area contributed by atoms with Gasteiger partial charge in [-0.1, -0.05) is 41.4 Å². The van der Waals surface area contributed by atoms with Crippen molar-refractivity contribution < 1.29 is 9.53 Å². The van der Waals surface area contributed by atoms with Crippen LogP contribution in [0.2, 0.25) is 10.0 Å². The maximum Gasteiger partial charge on any atom is 0.244 e. The van der Waals surface area contributed by atoms with Gasteiger partial charge < -0.3 is 4.74 Å². The number of nitrogens with zero attached hydrogens (tertiary/aromatic N) is 1. The van der Waals surface area contributed by atoms with Crippen molar-refractivity contribution in [3.05, 3.63) is 63.6 Å². The summed E-state index contributed by atoms with van der Waals surface area (Å²) in [5, 5.41) is 5.01. The van der Waals surface area contributed by atoms with E-state index < -0.39 is 0 Å². The van der Waals surface area contributed by atoms with Crippen LogP contribution in [0.3, 0.4) is 0 Å². The van der Waals surface area contributed by atoms with Crippen molar-refractivity contribution in [2.45, 2.75) is 13.3 Å². The summed E-state index contributed by atoms with van der Waals surface area (Å²) in [6.45, 7) is 1.78. The molecule has 0 saturated carbocycles. The van der Waals surface area contributed by atoms with Crippen LogP contribution in [0.15, 0.2) is 47.6 Å². The van der Waals surface area contributed by atoms with E-state index in [9.17, 15) is 4.79 Å². The number of hydrogen-bond donors (Lipinski definition) is 1. The van der Waals surface area contributed by atoms with Crippen LogP contribution in [0.25, 0.3) is 0 Å². The molecule has 0 spiro atoms. The van der Waals surface area contributed by atoms with Gasteiger partial charge in [0.25, 0.3) is 0 Å². The number of rotatable bonds is 5. The zero-order chi connectivity index (χ0) is 16.8. The minimum atomic E-state index is -0.199. The van der Waals surface area contributed by atoms with Crippen LogP contribution in [0, 0.1) is 0 Å². The lowest BCUT2D eigenvalue weighted by Crippen LogP contribution is -2.21. The van der Waals surface area contributed by atoms with Gasteiger partial charge in [-0.15, -0.1) is 0 Å². The Hall–Kier alpha value is -2.04. The summed E-state index contributed by atoms with van der Waals surface area (Å²) in [6.07, 6.45) is 0.238. The summed E-state index contributed by atoms with van der Waals surface area (Å²) in [6, 6.07) is 12.5. The first-order valence-electron chi connectivity index (χ1n) is 6.91. The fourth-order valence-electron chi connectivity index (χ4n) is 1.90. The average Bonchev–Trinajstić information content (AvgIpc) is 2.56. The lowest BCUT2D eigenvalue weighted by molar-refractivity contribution is -0.120. The van der Waals surface area contributed by atoms with Crippen LogP contribution in [0.1, 0.15) is 18.1 Å². The first kappa shape index (κ1) is 17.3. The number of halogens is 2. The predicted octanol–water partition coefficient (Wildman–Crippen LogP) is 4.08. The summed E-state index contributed by atoms with van der Waals surface area (Å²) in [5.41, 5.74) is 4.85. The molecule has 0 aliphatic heterocycles. The molecule has 0 aliphatic carbocycles. The fraction of sp³-hybridized carbons (Fsp3) is 0.176. The first-order valence-corrected chi connectivity index (χ1v) is 7.66. The molecule has 1 amide bonds. The van der Waals surface area contributed by atoms with Gasteiger partial charge in [0, 0.05) is 0 Å². The third-order valence-corrected chi connectivity index (χ3v) is 3.95. The minimum Gasteiger partial charge on any atom is -0.497 e. The van der Waals surface area contributed by atoms with Gasteiger partial charge in [0.15, 0.2) is 0 Å². The zero-order valence-electron chi connectivity index (χ0n) is 12.8. The van der Waals surface area contributed by atoms with E-state index in [1.165, 1.54) is 0 Å². The lowest BCUT2D eigenvalue weighted by Gasteiger charge is -2.05. The number of benzene rings is 2. The largest absolute Gasteiger partial charge is 0.497 e. The molecule has 0 aliphatic rings. The van der Waals surface area contributed by atoms with E-state index in [1.807, 2.05) is 24.3 Å². The molecule has 1 N–H and O–H groups in total. The molecule has 0 radical (unpaired) electrons. The first-order chi connectivity index (χ1) is 11.0. The zero-order valence-corrected chi connectivity index (χ0v) is 14.3. The number of carbonyl (C=O) groups is 1. The van der Waals surface area contributed by atoms with Crippen molar-refractivity contribution in [2.24, 2.45) is 5.10 Å². The molecular weight excluding hydrogens is 335 g/mol. The number of methoxy groups -OCH3 is 1. The molecule has 0 bridgehead atoms. The van der Waals surface area contributed by atoms with E-state index in [0.29, 0.717) is 15.8 Å². The number of ether oxygens (including phenoxy) is 1. The van der Waals surface area contributed by atoms with Gasteiger partial charge in [-0.05, 0) is 42.3 Å². The summed E-state index contributed by atoms with van der Waals surface area (Å²) in [5.74, 6) is 0.553. The second-order valence-electron chi connectivity index (χ2n) is 4.89. The molecule has 120 valence electrons. The number of hydrogen-bond acceptors (Lipinski definition) is 3. The number of nitrogens with one attached hydrogen (secondary N) is 1. The highest BCUT2D eigenvalue weighted by molar-refractivity contribution is 6.42. The third kappa shape index (κ3) is 4.98. The van der Waals surface area contributed by atoms with E-state index in [0.717, 1.165) is 16.9 Å². The molecule has 0 unspecified atom stereocenters. The Balaban J connectivity index is 1.97. The van der Waals surface area contributed by atoms with Gasteiger partial charge in [0.2, 0.25) is 5.91 Å². The van der Waals surface area contributed by atoms with Gasteiger partial charge in [-0.25, -0.2) is 5.43 Å². The quantitative estimate of drug-likeness (QED) is 0.652. The van der Waals surface area contributed by atoms with Crippen molar-refractivity contribution >= 4 is 34.8 Å². The van der Waals surface area contributed by atoms with Gasteiger partial charge in [-0.3, -0.25) is 4.79 Å². The van der Waals surface area contributed by atoms with E-state index in [-0.39, 0.29) is 12.3 Å². The molecule has 2 rings (SSSR count). The summed E-state index contributed by atoms with van der Waals surface area (Å²) in [4.78, 5) is 11.9. The van der Waals surface area contributed by atoms with E-state index in [4.69, 9.17) is 27.9 Å². The van der Waals surface area contributed by atoms with Crippen LogP contribution >= 0.6 is 23.2 Å². The van der Waals surface area contributed by atoms with Crippen molar-refractivity contribution in [3.8, 4) is 5.75 Å². The summed E-state index contributed by atoms with van der Waals surface area (Å²) < 4.78 is 5.08. The Morgan fingerprint density at radius 2 is 1.83 bits per heavy atom. The summed E-state index contributed by atoms with van der Waals surface area (Å²) in [7, 11) is 1.60. The normalized spacial score (nSPS) is 11.2. The summed E-state index contributed by atoms with van der Waals surface area (Å²) >= 11 is 11.8. The molecule has 2 aromatic carbocycles. The highest BCUT2D eigenvalue weighted by atomic mass is 35.5. The molecule has 0 atom stereocenters. The van der Waals surface area contributed by atoms with Crippen molar-refractivity contribution in [1.29, 1.82) is 0 Å². The highest BCUT2D eigenvalue weighted by Crippen LogP contribution is 2.22. The second kappa shape index (κ2) is 7.99. The van der Waals surface area contributed by atoms with Gasteiger partial charge >= 0.3 is 0 Å². The Labute approximate surface area is 145 Å². The Morgan fingerprint density at radius 3 is 2.43 bits per heavy atom. The number of hydrazone groups is 1.